The summed E-state index contributed by atoms with van der Waals surface area (Å²) in [5.74, 6) is -0.290. The van der Waals surface area contributed by atoms with Crippen LogP contribution in [-0.4, -0.2) is 54.2 Å². The molecule has 2 heterocycles. The van der Waals surface area contributed by atoms with Gasteiger partial charge in [0.25, 0.3) is 0 Å². The molecule has 3 amide bonds. The number of para-hydroxylation sites is 1. The Morgan fingerprint density at radius 3 is 2.72 bits per heavy atom. The quantitative estimate of drug-likeness (QED) is 0.765. The van der Waals surface area contributed by atoms with Crippen LogP contribution in [-0.2, 0) is 9.53 Å². The molecule has 1 aromatic heterocycles. The minimum Gasteiger partial charge on any atom is -0.378 e. The van der Waals surface area contributed by atoms with Crippen LogP contribution in [0, 0.1) is 0 Å². The number of nitrogens with one attached hydrogen (secondary N) is 2. The molecule has 10 heteroatoms. The maximum absolute atomic E-state index is 11.9. The number of benzene rings is 1. The number of aromatic nitrogens is 2. The van der Waals surface area contributed by atoms with E-state index in [9.17, 15) is 9.59 Å². The second-order valence-electron chi connectivity index (χ2n) is 5.11. The number of hydrogen-bond donors (Lipinski definition) is 2. The van der Waals surface area contributed by atoms with E-state index >= 15 is 0 Å². The Hall–Kier alpha value is -2.17. The van der Waals surface area contributed by atoms with Crippen LogP contribution in [0.3, 0.4) is 0 Å². The summed E-state index contributed by atoms with van der Waals surface area (Å²) in [6.45, 7) is 2.95. The summed E-state index contributed by atoms with van der Waals surface area (Å²) in [6.07, 6.45) is 0. The number of hydrogen-bond acceptors (Lipinski definition) is 8. The van der Waals surface area contributed by atoms with E-state index in [-0.39, 0.29) is 11.7 Å². The number of morpholine rings is 1. The minimum absolute atomic E-state index is 0.0972. The molecule has 1 aliphatic rings. The van der Waals surface area contributed by atoms with Crippen LogP contribution in [0.25, 0.3) is 0 Å². The third-order valence-electron chi connectivity index (χ3n) is 3.29. The molecule has 0 aliphatic carbocycles. The number of anilines is 2. The van der Waals surface area contributed by atoms with E-state index < -0.39 is 6.03 Å². The van der Waals surface area contributed by atoms with Crippen LogP contribution < -0.4 is 15.5 Å². The van der Waals surface area contributed by atoms with Gasteiger partial charge in [0.2, 0.25) is 11.0 Å². The number of imide groups is 1. The van der Waals surface area contributed by atoms with Crippen molar-refractivity contribution in [3.8, 4) is 0 Å². The molecule has 1 aliphatic heterocycles. The average molecular weight is 379 g/mol. The Labute approximate surface area is 153 Å². The fourth-order valence-electron chi connectivity index (χ4n) is 2.12. The smallest absolute Gasteiger partial charge is 0.325 e. The van der Waals surface area contributed by atoms with Crippen molar-refractivity contribution in [1.29, 1.82) is 0 Å². The summed E-state index contributed by atoms with van der Waals surface area (Å²) in [4.78, 5) is 25.7. The van der Waals surface area contributed by atoms with Crippen LogP contribution >= 0.6 is 23.1 Å². The van der Waals surface area contributed by atoms with E-state index in [4.69, 9.17) is 4.74 Å². The van der Waals surface area contributed by atoms with E-state index in [2.05, 4.69) is 25.7 Å². The molecule has 2 aromatic rings. The standard InChI is InChI=1S/C15H17N5O3S2/c21-12(17-13(22)16-11-4-2-1-3-5-11)10-24-15-19-18-14(25-15)20-6-8-23-9-7-20/h1-5H,6-10H2,(H2,16,17,21,22). The zero-order chi connectivity index (χ0) is 17.5. The SMILES string of the molecule is O=C(CSc1nnc(N2CCOCC2)s1)NC(=O)Nc1ccccc1. The monoisotopic (exact) mass is 379 g/mol. The van der Waals surface area contributed by atoms with Gasteiger partial charge >= 0.3 is 6.03 Å². The highest BCUT2D eigenvalue weighted by molar-refractivity contribution is 8.01. The van der Waals surface area contributed by atoms with Gasteiger partial charge < -0.3 is 15.0 Å². The van der Waals surface area contributed by atoms with Crippen molar-refractivity contribution >= 4 is 45.9 Å². The summed E-state index contributed by atoms with van der Waals surface area (Å²) >= 11 is 2.69. The third kappa shape index (κ3) is 5.41. The predicted octanol–water partition coefficient (Wildman–Crippen LogP) is 1.82. The van der Waals surface area contributed by atoms with Crippen LogP contribution in [0.2, 0.25) is 0 Å². The second-order valence-corrected chi connectivity index (χ2v) is 7.29. The van der Waals surface area contributed by atoms with E-state index in [1.807, 2.05) is 6.07 Å². The second kappa shape index (κ2) is 8.79. The Balaban J connectivity index is 1.43. The van der Waals surface area contributed by atoms with Gasteiger partial charge in [-0.2, -0.15) is 0 Å². The third-order valence-corrected chi connectivity index (χ3v) is 5.41. The maximum atomic E-state index is 11.9. The maximum Gasteiger partial charge on any atom is 0.325 e. The number of nitrogens with zero attached hydrogens (tertiary/aromatic N) is 3. The lowest BCUT2D eigenvalue weighted by Gasteiger charge is -2.25. The minimum atomic E-state index is -0.553. The summed E-state index contributed by atoms with van der Waals surface area (Å²) in [6, 6.07) is 8.38. The van der Waals surface area contributed by atoms with E-state index in [0.717, 1.165) is 18.2 Å². The lowest BCUT2D eigenvalue weighted by atomic mass is 10.3. The van der Waals surface area contributed by atoms with Gasteiger partial charge in [0, 0.05) is 18.8 Å². The molecule has 132 valence electrons. The Morgan fingerprint density at radius 1 is 1.20 bits per heavy atom. The first kappa shape index (κ1) is 17.6. The van der Waals surface area contributed by atoms with Crippen molar-refractivity contribution < 1.29 is 14.3 Å². The molecule has 0 atom stereocenters. The molecule has 0 radical (unpaired) electrons. The first-order chi connectivity index (χ1) is 12.2. The van der Waals surface area contributed by atoms with Gasteiger partial charge in [0.05, 0.1) is 19.0 Å². The van der Waals surface area contributed by atoms with Crippen molar-refractivity contribution in [3.63, 3.8) is 0 Å². The molecule has 0 saturated carbocycles. The molecule has 0 bridgehead atoms. The van der Waals surface area contributed by atoms with Gasteiger partial charge in [-0.15, -0.1) is 10.2 Å². The topological polar surface area (TPSA) is 96.5 Å². The first-order valence-corrected chi connectivity index (χ1v) is 9.46. The summed E-state index contributed by atoms with van der Waals surface area (Å²) in [5, 5.41) is 13.9. The van der Waals surface area contributed by atoms with Crippen molar-refractivity contribution in [3.05, 3.63) is 30.3 Å². The van der Waals surface area contributed by atoms with Gasteiger partial charge in [0.15, 0.2) is 4.34 Å². The molecule has 1 aromatic carbocycles. The largest absolute Gasteiger partial charge is 0.378 e. The van der Waals surface area contributed by atoms with E-state index in [0.29, 0.717) is 23.2 Å². The molecular formula is C15H17N5O3S2. The molecule has 8 nitrogen and oxygen atoms in total. The zero-order valence-electron chi connectivity index (χ0n) is 13.3. The van der Waals surface area contributed by atoms with E-state index in [1.54, 1.807) is 24.3 Å². The number of rotatable bonds is 5. The fraction of sp³-hybridized carbons (Fsp3) is 0.333. The van der Waals surface area contributed by atoms with Crippen molar-refractivity contribution in [2.75, 3.05) is 42.3 Å². The number of carbonyl (C=O) groups excluding carboxylic acids is 2. The molecule has 0 unspecified atom stereocenters. The van der Waals surface area contributed by atoms with Crippen molar-refractivity contribution in [2.24, 2.45) is 0 Å². The molecule has 25 heavy (non-hydrogen) atoms. The van der Waals surface area contributed by atoms with Gasteiger partial charge in [-0.25, -0.2) is 4.79 Å². The Morgan fingerprint density at radius 2 is 1.96 bits per heavy atom. The summed E-state index contributed by atoms with van der Waals surface area (Å²) in [5.41, 5.74) is 0.625. The van der Waals surface area contributed by atoms with Crippen LogP contribution in [0.5, 0.6) is 0 Å². The lowest BCUT2D eigenvalue weighted by Crippen LogP contribution is -2.36. The molecule has 1 saturated heterocycles. The van der Waals surface area contributed by atoms with E-state index in [1.165, 1.54) is 23.1 Å². The lowest BCUT2D eigenvalue weighted by molar-refractivity contribution is -0.117. The molecule has 0 spiro atoms. The number of ether oxygens (including phenoxy) is 1. The Bertz CT molecular complexity index is 719. The first-order valence-electron chi connectivity index (χ1n) is 7.65. The van der Waals surface area contributed by atoms with Crippen molar-refractivity contribution in [2.45, 2.75) is 4.34 Å². The molecular weight excluding hydrogens is 362 g/mol. The van der Waals surface area contributed by atoms with Gasteiger partial charge in [-0.1, -0.05) is 41.3 Å². The van der Waals surface area contributed by atoms with Crippen LogP contribution in [0.1, 0.15) is 0 Å². The fourth-order valence-corrected chi connectivity index (χ4v) is 3.81. The summed E-state index contributed by atoms with van der Waals surface area (Å²) in [7, 11) is 0. The normalized spacial score (nSPS) is 14.2. The van der Waals surface area contributed by atoms with Gasteiger partial charge in [-0.3, -0.25) is 10.1 Å². The van der Waals surface area contributed by atoms with Crippen LogP contribution in [0.15, 0.2) is 34.7 Å². The highest BCUT2D eigenvalue weighted by Crippen LogP contribution is 2.28. The van der Waals surface area contributed by atoms with Gasteiger partial charge in [0.1, 0.15) is 0 Å². The number of carbonyl (C=O) groups is 2. The number of thioether (sulfide) groups is 1. The molecule has 2 N–H and O–H groups in total. The Kier molecular flexibility index (Phi) is 6.20. The average Bonchev–Trinajstić information content (AvgIpc) is 3.10. The van der Waals surface area contributed by atoms with Crippen LogP contribution in [0.4, 0.5) is 15.6 Å². The van der Waals surface area contributed by atoms with Gasteiger partial charge in [-0.05, 0) is 12.1 Å². The number of amides is 3. The molecule has 1 fully saturated rings. The highest BCUT2D eigenvalue weighted by Gasteiger charge is 2.17. The van der Waals surface area contributed by atoms with Crippen molar-refractivity contribution in [1.82, 2.24) is 15.5 Å². The predicted molar refractivity (Wildman–Crippen MR) is 97.3 cm³/mol. The number of urea groups is 1. The highest BCUT2D eigenvalue weighted by atomic mass is 32.2. The zero-order valence-corrected chi connectivity index (χ0v) is 14.9. The molecule has 3 rings (SSSR count). The summed E-state index contributed by atoms with van der Waals surface area (Å²) < 4.78 is 6.00.